The summed E-state index contributed by atoms with van der Waals surface area (Å²) < 4.78 is 40.2. The number of pyridine rings is 1. The van der Waals surface area contributed by atoms with Crippen LogP contribution in [0.3, 0.4) is 0 Å². The fourth-order valence-electron chi connectivity index (χ4n) is 2.55. The molecule has 1 aliphatic rings. The highest BCUT2D eigenvalue weighted by Gasteiger charge is 2.35. The zero-order valence-corrected chi connectivity index (χ0v) is 12.8. The first-order valence-corrected chi connectivity index (χ1v) is 8.32. The maximum Gasteiger partial charge on any atom is 0.263 e. The summed E-state index contributed by atoms with van der Waals surface area (Å²) in [4.78, 5) is 5.78. The Kier molecular flexibility index (Phi) is 5.26. The summed E-state index contributed by atoms with van der Waals surface area (Å²) in [6.45, 7) is 1.19. The number of hydrogen-bond donors (Lipinski definition) is 1. The van der Waals surface area contributed by atoms with Crippen molar-refractivity contribution >= 4 is 10.0 Å². The molecule has 0 aromatic carbocycles. The molecule has 1 N–H and O–H groups in total. The molecule has 1 aliphatic heterocycles. The summed E-state index contributed by atoms with van der Waals surface area (Å²) in [6, 6.07) is 2.19. The van der Waals surface area contributed by atoms with Crippen molar-refractivity contribution in [2.75, 3.05) is 33.3 Å². The molecule has 1 aromatic heterocycles. The average Bonchev–Trinajstić information content (AvgIpc) is 2.46. The normalized spacial score (nSPS) is 18.3. The maximum absolute atomic E-state index is 13.8. The van der Waals surface area contributed by atoms with Gasteiger partial charge in [-0.1, -0.05) is 0 Å². The molecule has 1 aromatic rings. The van der Waals surface area contributed by atoms with E-state index in [2.05, 4.69) is 9.88 Å². The van der Waals surface area contributed by atoms with E-state index < -0.39 is 20.9 Å². The molecule has 0 atom stereocenters. The molecule has 2 rings (SSSR count). The second-order valence-corrected chi connectivity index (χ2v) is 6.97. The van der Waals surface area contributed by atoms with E-state index in [0.717, 1.165) is 19.2 Å². The van der Waals surface area contributed by atoms with Crippen LogP contribution in [0.4, 0.5) is 4.39 Å². The molecule has 0 aliphatic carbocycles. The van der Waals surface area contributed by atoms with E-state index in [-0.39, 0.29) is 19.2 Å². The number of nitrogens with zero attached hydrogens (tertiary/aromatic N) is 3. The van der Waals surface area contributed by atoms with Crippen LogP contribution in [0, 0.1) is 5.82 Å². The van der Waals surface area contributed by atoms with Crippen molar-refractivity contribution in [1.29, 1.82) is 0 Å². The summed E-state index contributed by atoms with van der Waals surface area (Å²) >= 11 is 0. The third-order valence-corrected chi connectivity index (χ3v) is 5.58. The van der Waals surface area contributed by atoms with Crippen LogP contribution in [0.5, 0.6) is 0 Å². The maximum atomic E-state index is 13.8. The molecule has 21 heavy (non-hydrogen) atoms. The van der Waals surface area contributed by atoms with Gasteiger partial charge < -0.3 is 10.0 Å². The molecule has 0 saturated carbocycles. The molecule has 0 radical (unpaired) electrons. The molecule has 0 amide bonds. The lowest BCUT2D eigenvalue weighted by Crippen LogP contribution is -2.47. The molecule has 1 saturated heterocycles. The Morgan fingerprint density at radius 3 is 2.71 bits per heavy atom. The van der Waals surface area contributed by atoms with E-state index in [1.807, 2.05) is 7.05 Å². The lowest BCUT2D eigenvalue weighted by atomic mass is 10.1. The number of piperidine rings is 1. The van der Waals surface area contributed by atoms with Gasteiger partial charge in [-0.2, -0.15) is 4.31 Å². The minimum Gasteiger partial charge on any atom is -0.395 e. The summed E-state index contributed by atoms with van der Waals surface area (Å²) in [6.07, 6.45) is 2.57. The Morgan fingerprint density at radius 1 is 1.48 bits per heavy atom. The largest absolute Gasteiger partial charge is 0.395 e. The van der Waals surface area contributed by atoms with Crippen molar-refractivity contribution < 1.29 is 17.9 Å². The SMILES string of the molecule is CN1CCC(N(CCO)S(=O)(=O)c2ncccc2F)CC1. The molecule has 8 heteroatoms. The smallest absolute Gasteiger partial charge is 0.263 e. The predicted octanol–water partition coefficient (Wildman–Crippen LogP) is 0.298. The van der Waals surface area contributed by atoms with Gasteiger partial charge in [0.2, 0.25) is 5.03 Å². The van der Waals surface area contributed by atoms with Gasteiger partial charge in [-0.3, -0.25) is 0 Å². The lowest BCUT2D eigenvalue weighted by molar-refractivity contribution is 0.160. The minimum absolute atomic E-state index is 0.0489. The first-order valence-electron chi connectivity index (χ1n) is 6.88. The quantitative estimate of drug-likeness (QED) is 0.845. The highest BCUT2D eigenvalue weighted by atomic mass is 32.2. The van der Waals surface area contributed by atoms with Crippen molar-refractivity contribution in [1.82, 2.24) is 14.2 Å². The molecular weight excluding hydrogens is 297 g/mol. The predicted molar refractivity (Wildman–Crippen MR) is 75.7 cm³/mol. The summed E-state index contributed by atoms with van der Waals surface area (Å²) in [5, 5.41) is 8.60. The topological polar surface area (TPSA) is 73.7 Å². The van der Waals surface area contributed by atoms with Gasteiger partial charge >= 0.3 is 0 Å². The Bertz CT molecular complexity index is 574. The van der Waals surface area contributed by atoms with Gasteiger partial charge in [0.25, 0.3) is 10.0 Å². The fourth-order valence-corrected chi connectivity index (χ4v) is 4.21. The Morgan fingerprint density at radius 2 is 2.14 bits per heavy atom. The van der Waals surface area contributed by atoms with Gasteiger partial charge in [-0.25, -0.2) is 17.8 Å². The van der Waals surface area contributed by atoms with Gasteiger partial charge in [0.1, 0.15) is 0 Å². The summed E-state index contributed by atoms with van der Waals surface area (Å²) in [5.41, 5.74) is 0. The highest BCUT2D eigenvalue weighted by Crippen LogP contribution is 2.23. The number of rotatable bonds is 5. The first-order chi connectivity index (χ1) is 9.96. The molecule has 118 valence electrons. The van der Waals surface area contributed by atoms with Gasteiger partial charge in [0.05, 0.1) is 6.61 Å². The molecule has 0 bridgehead atoms. The van der Waals surface area contributed by atoms with Gasteiger partial charge in [0, 0.05) is 18.8 Å². The number of halogens is 1. The second-order valence-electron chi connectivity index (χ2n) is 5.16. The number of aromatic nitrogens is 1. The summed E-state index contributed by atoms with van der Waals surface area (Å²) in [7, 11) is -2.07. The highest BCUT2D eigenvalue weighted by molar-refractivity contribution is 7.89. The van der Waals surface area contributed by atoms with E-state index in [4.69, 9.17) is 5.11 Å². The fraction of sp³-hybridized carbons (Fsp3) is 0.615. The Balaban J connectivity index is 2.31. The zero-order chi connectivity index (χ0) is 15.5. The van der Waals surface area contributed by atoms with Crippen molar-refractivity contribution in [3.63, 3.8) is 0 Å². The Labute approximate surface area is 124 Å². The van der Waals surface area contributed by atoms with Gasteiger partial charge in [0.15, 0.2) is 5.82 Å². The molecule has 6 nitrogen and oxygen atoms in total. The van der Waals surface area contributed by atoms with Crippen LogP contribution in [0.2, 0.25) is 0 Å². The van der Waals surface area contributed by atoms with E-state index >= 15 is 0 Å². The molecule has 0 spiro atoms. The Hall–Kier alpha value is -1.09. The van der Waals surface area contributed by atoms with Gasteiger partial charge in [-0.15, -0.1) is 0 Å². The molecule has 1 fully saturated rings. The van der Waals surface area contributed by atoms with Crippen LogP contribution >= 0.6 is 0 Å². The van der Waals surface area contributed by atoms with Crippen LogP contribution in [-0.4, -0.2) is 67.0 Å². The first kappa shape index (κ1) is 16.3. The van der Waals surface area contributed by atoms with E-state index in [1.54, 1.807) is 0 Å². The second kappa shape index (κ2) is 6.78. The van der Waals surface area contributed by atoms with Crippen LogP contribution < -0.4 is 0 Å². The van der Waals surface area contributed by atoms with Crippen LogP contribution in [-0.2, 0) is 10.0 Å². The lowest BCUT2D eigenvalue weighted by Gasteiger charge is -2.35. The minimum atomic E-state index is -4.04. The molecular formula is C13H20FN3O3S. The van der Waals surface area contributed by atoms with Crippen molar-refractivity contribution in [3.8, 4) is 0 Å². The van der Waals surface area contributed by atoms with Crippen molar-refractivity contribution in [2.45, 2.75) is 23.9 Å². The van der Waals surface area contributed by atoms with Crippen LogP contribution in [0.15, 0.2) is 23.4 Å². The van der Waals surface area contributed by atoms with E-state index in [9.17, 15) is 12.8 Å². The number of likely N-dealkylation sites (tertiary alicyclic amines) is 1. The van der Waals surface area contributed by atoms with Crippen LogP contribution in [0.25, 0.3) is 0 Å². The number of sulfonamides is 1. The summed E-state index contributed by atoms with van der Waals surface area (Å²) in [5.74, 6) is -0.867. The van der Waals surface area contributed by atoms with Crippen LogP contribution in [0.1, 0.15) is 12.8 Å². The third kappa shape index (κ3) is 3.57. The van der Waals surface area contributed by atoms with Crippen molar-refractivity contribution in [2.24, 2.45) is 0 Å². The standard InChI is InChI=1S/C13H20FN3O3S/c1-16-7-4-11(5-8-16)17(9-10-18)21(19,20)13-12(14)3-2-6-15-13/h2-3,6,11,18H,4-5,7-10H2,1H3. The number of aliphatic hydroxyl groups is 1. The average molecular weight is 317 g/mol. The molecule has 0 unspecified atom stereocenters. The van der Waals surface area contributed by atoms with Gasteiger partial charge in [-0.05, 0) is 45.1 Å². The van der Waals surface area contributed by atoms with E-state index in [1.165, 1.54) is 16.6 Å². The van der Waals surface area contributed by atoms with E-state index in [0.29, 0.717) is 12.8 Å². The number of aliphatic hydroxyl groups excluding tert-OH is 1. The molecule has 2 heterocycles. The number of hydrogen-bond acceptors (Lipinski definition) is 5. The van der Waals surface area contributed by atoms with Crippen molar-refractivity contribution in [3.05, 3.63) is 24.1 Å². The monoisotopic (exact) mass is 317 g/mol. The third-order valence-electron chi connectivity index (χ3n) is 3.69. The zero-order valence-electron chi connectivity index (χ0n) is 11.9.